The number of rotatable bonds is 3. The van der Waals surface area contributed by atoms with Gasteiger partial charge in [-0.1, -0.05) is 0 Å². The molecule has 2 rings (SSSR count). The van der Waals surface area contributed by atoms with Crippen LogP contribution in [0.25, 0.3) is 0 Å². The molecule has 4 nitrogen and oxygen atoms in total. The number of aliphatic hydroxyl groups is 1. The molecule has 14 heavy (non-hydrogen) atoms. The van der Waals surface area contributed by atoms with E-state index in [1.165, 1.54) is 6.33 Å². The first-order chi connectivity index (χ1) is 6.68. The van der Waals surface area contributed by atoms with E-state index in [0.29, 0.717) is 6.54 Å². The van der Waals surface area contributed by atoms with Crippen molar-refractivity contribution in [2.24, 2.45) is 0 Å². The van der Waals surface area contributed by atoms with Gasteiger partial charge >= 0.3 is 0 Å². The first kappa shape index (κ1) is 9.40. The van der Waals surface area contributed by atoms with Gasteiger partial charge in [0.05, 0.1) is 5.60 Å². The van der Waals surface area contributed by atoms with Crippen LogP contribution in [0.4, 0.5) is 5.82 Å². The average Bonchev–Trinajstić information content (AvgIpc) is 2.12. The molecule has 0 bridgehead atoms. The molecule has 1 saturated carbocycles. The third-order valence-electron chi connectivity index (χ3n) is 2.69. The second-order valence-electron chi connectivity index (χ2n) is 3.98. The van der Waals surface area contributed by atoms with Crippen molar-refractivity contribution in [3.8, 4) is 0 Å². The van der Waals surface area contributed by atoms with Gasteiger partial charge in [-0.3, -0.25) is 0 Å². The van der Waals surface area contributed by atoms with Crippen molar-refractivity contribution in [1.29, 1.82) is 0 Å². The van der Waals surface area contributed by atoms with Crippen molar-refractivity contribution in [2.45, 2.75) is 31.8 Å². The fraction of sp³-hybridized carbons (Fsp3) is 0.600. The summed E-state index contributed by atoms with van der Waals surface area (Å²) < 4.78 is 0. The van der Waals surface area contributed by atoms with Gasteiger partial charge in [0.15, 0.2) is 0 Å². The lowest BCUT2D eigenvalue weighted by Gasteiger charge is -2.36. The molecule has 1 aliphatic rings. The minimum Gasteiger partial charge on any atom is -0.388 e. The number of nitrogens with zero attached hydrogens (tertiary/aromatic N) is 2. The molecule has 0 atom stereocenters. The largest absolute Gasteiger partial charge is 0.388 e. The molecule has 1 aromatic heterocycles. The minimum absolute atomic E-state index is 0.501. The van der Waals surface area contributed by atoms with Crippen LogP contribution in [0.5, 0.6) is 0 Å². The van der Waals surface area contributed by atoms with Crippen LogP contribution in [0.15, 0.2) is 12.4 Å². The van der Waals surface area contributed by atoms with Gasteiger partial charge in [0.1, 0.15) is 12.1 Å². The van der Waals surface area contributed by atoms with Crippen LogP contribution < -0.4 is 5.32 Å². The number of nitrogens with one attached hydrogen (secondary N) is 1. The van der Waals surface area contributed by atoms with Gasteiger partial charge in [-0.05, 0) is 26.2 Å². The van der Waals surface area contributed by atoms with Crippen LogP contribution in [0.1, 0.15) is 25.0 Å². The first-order valence-electron chi connectivity index (χ1n) is 4.93. The molecule has 0 unspecified atom stereocenters. The zero-order chi connectivity index (χ0) is 10.0. The van der Waals surface area contributed by atoms with Crippen molar-refractivity contribution >= 4 is 5.82 Å². The molecule has 1 heterocycles. The Balaban J connectivity index is 1.91. The lowest BCUT2D eigenvalue weighted by molar-refractivity contribution is -0.0202. The van der Waals surface area contributed by atoms with Crippen molar-refractivity contribution in [1.82, 2.24) is 9.97 Å². The molecule has 0 saturated heterocycles. The van der Waals surface area contributed by atoms with E-state index in [2.05, 4.69) is 15.3 Å². The lowest BCUT2D eigenvalue weighted by atomic mass is 9.80. The zero-order valence-electron chi connectivity index (χ0n) is 8.32. The van der Waals surface area contributed by atoms with Gasteiger partial charge in [-0.25, -0.2) is 9.97 Å². The van der Waals surface area contributed by atoms with Gasteiger partial charge < -0.3 is 10.4 Å². The molecule has 0 radical (unpaired) electrons. The quantitative estimate of drug-likeness (QED) is 0.755. The fourth-order valence-electron chi connectivity index (χ4n) is 1.57. The SMILES string of the molecule is Cc1cc(NCC2(O)CCC2)ncn1. The predicted molar refractivity (Wildman–Crippen MR) is 54.1 cm³/mol. The second-order valence-corrected chi connectivity index (χ2v) is 3.98. The number of hydrogen-bond donors (Lipinski definition) is 2. The van der Waals surface area contributed by atoms with Crippen LogP contribution in [-0.4, -0.2) is 27.2 Å². The van der Waals surface area contributed by atoms with E-state index in [0.717, 1.165) is 30.8 Å². The maximum atomic E-state index is 9.83. The van der Waals surface area contributed by atoms with Gasteiger partial charge in [0.2, 0.25) is 0 Å². The third kappa shape index (κ3) is 2.01. The Morgan fingerprint density at radius 3 is 2.86 bits per heavy atom. The monoisotopic (exact) mass is 193 g/mol. The highest BCUT2D eigenvalue weighted by Crippen LogP contribution is 2.31. The van der Waals surface area contributed by atoms with Crippen LogP contribution in [-0.2, 0) is 0 Å². The molecule has 4 heteroatoms. The van der Waals surface area contributed by atoms with Crippen molar-refractivity contribution < 1.29 is 5.11 Å². The summed E-state index contributed by atoms with van der Waals surface area (Å²) in [4.78, 5) is 8.07. The molecule has 2 N–H and O–H groups in total. The van der Waals surface area contributed by atoms with Gasteiger partial charge in [-0.2, -0.15) is 0 Å². The van der Waals surface area contributed by atoms with Crippen LogP contribution in [0.3, 0.4) is 0 Å². The van der Waals surface area contributed by atoms with E-state index in [1.807, 2.05) is 13.0 Å². The summed E-state index contributed by atoms with van der Waals surface area (Å²) in [6.07, 6.45) is 4.44. The summed E-state index contributed by atoms with van der Waals surface area (Å²) in [7, 11) is 0. The standard InChI is InChI=1S/C10H15N3O/c1-8-5-9(13-7-12-8)11-6-10(14)3-2-4-10/h5,7,14H,2-4,6H2,1H3,(H,11,12,13). The first-order valence-corrected chi connectivity index (χ1v) is 4.93. The molecule has 1 aliphatic carbocycles. The minimum atomic E-state index is -0.501. The Bertz CT molecular complexity index is 323. The van der Waals surface area contributed by atoms with Crippen molar-refractivity contribution in [3.05, 3.63) is 18.1 Å². The van der Waals surface area contributed by atoms with E-state index in [1.54, 1.807) is 0 Å². The van der Waals surface area contributed by atoms with Crippen LogP contribution in [0, 0.1) is 6.92 Å². The Morgan fingerprint density at radius 2 is 2.29 bits per heavy atom. The molecular weight excluding hydrogens is 178 g/mol. The van der Waals surface area contributed by atoms with Crippen molar-refractivity contribution in [3.63, 3.8) is 0 Å². The maximum Gasteiger partial charge on any atom is 0.129 e. The lowest BCUT2D eigenvalue weighted by Crippen LogP contribution is -2.43. The average molecular weight is 193 g/mol. The van der Waals surface area contributed by atoms with E-state index < -0.39 is 5.60 Å². The van der Waals surface area contributed by atoms with E-state index in [4.69, 9.17) is 0 Å². The topological polar surface area (TPSA) is 58.0 Å². The smallest absolute Gasteiger partial charge is 0.129 e. The second kappa shape index (κ2) is 3.53. The summed E-state index contributed by atoms with van der Waals surface area (Å²) in [5.41, 5.74) is 0.432. The van der Waals surface area contributed by atoms with Gasteiger partial charge in [-0.15, -0.1) is 0 Å². The Hall–Kier alpha value is -1.16. The van der Waals surface area contributed by atoms with E-state index in [9.17, 15) is 5.11 Å². The molecule has 0 aromatic carbocycles. The molecule has 1 fully saturated rings. The Labute approximate surface area is 83.4 Å². The number of hydrogen-bond acceptors (Lipinski definition) is 4. The maximum absolute atomic E-state index is 9.83. The number of aryl methyl sites for hydroxylation is 1. The molecular formula is C10H15N3O. The number of aromatic nitrogens is 2. The normalized spacial score (nSPS) is 18.7. The van der Waals surface area contributed by atoms with Gasteiger partial charge in [0, 0.05) is 18.3 Å². The van der Waals surface area contributed by atoms with E-state index in [-0.39, 0.29) is 0 Å². The molecule has 0 aliphatic heterocycles. The molecule has 1 aromatic rings. The molecule has 0 amide bonds. The summed E-state index contributed by atoms with van der Waals surface area (Å²) in [5, 5.41) is 13.0. The zero-order valence-corrected chi connectivity index (χ0v) is 8.32. The molecule has 0 spiro atoms. The Kier molecular flexibility index (Phi) is 2.37. The third-order valence-corrected chi connectivity index (χ3v) is 2.69. The van der Waals surface area contributed by atoms with E-state index >= 15 is 0 Å². The van der Waals surface area contributed by atoms with Gasteiger partial charge in [0.25, 0.3) is 0 Å². The van der Waals surface area contributed by atoms with Crippen molar-refractivity contribution in [2.75, 3.05) is 11.9 Å². The number of anilines is 1. The highest BCUT2D eigenvalue weighted by molar-refractivity contribution is 5.35. The van der Waals surface area contributed by atoms with Crippen LogP contribution in [0.2, 0.25) is 0 Å². The highest BCUT2D eigenvalue weighted by Gasteiger charge is 2.33. The molecule has 76 valence electrons. The summed E-state index contributed by atoms with van der Waals surface area (Å²) in [5.74, 6) is 0.790. The summed E-state index contributed by atoms with van der Waals surface area (Å²) in [6.45, 7) is 2.51. The predicted octanol–water partition coefficient (Wildman–Crippen LogP) is 1.11. The fourth-order valence-corrected chi connectivity index (χ4v) is 1.57. The Morgan fingerprint density at radius 1 is 1.50 bits per heavy atom. The summed E-state index contributed by atoms with van der Waals surface area (Å²) >= 11 is 0. The van der Waals surface area contributed by atoms with Crippen LogP contribution >= 0.6 is 0 Å². The summed E-state index contributed by atoms with van der Waals surface area (Å²) in [6, 6.07) is 1.88. The highest BCUT2D eigenvalue weighted by atomic mass is 16.3.